The van der Waals surface area contributed by atoms with Crippen LogP contribution in [0.25, 0.3) is 0 Å². The molecule has 30 heavy (non-hydrogen) atoms. The third-order valence-electron chi connectivity index (χ3n) is 4.11. The van der Waals surface area contributed by atoms with Crippen molar-refractivity contribution in [3.63, 3.8) is 0 Å². The lowest BCUT2D eigenvalue weighted by Gasteiger charge is -2.15. The summed E-state index contributed by atoms with van der Waals surface area (Å²) in [6.07, 6.45) is 0. The molecule has 1 aromatic carbocycles. The van der Waals surface area contributed by atoms with Gasteiger partial charge in [-0.25, -0.2) is 9.37 Å². The number of anilines is 1. The van der Waals surface area contributed by atoms with Crippen molar-refractivity contribution in [2.45, 2.75) is 38.5 Å². The molecule has 8 nitrogen and oxygen atoms in total. The van der Waals surface area contributed by atoms with E-state index in [0.29, 0.717) is 22.7 Å². The highest BCUT2D eigenvalue weighted by molar-refractivity contribution is 7.99. The predicted octanol–water partition coefficient (Wildman–Crippen LogP) is 3.42. The van der Waals surface area contributed by atoms with Crippen LogP contribution in [0.4, 0.5) is 9.52 Å². The second-order valence-corrected chi connectivity index (χ2v) is 8.19. The van der Waals surface area contributed by atoms with Gasteiger partial charge >= 0.3 is 0 Å². The Bertz CT molecular complexity index is 1050. The number of hydrogen-bond donors (Lipinski definition) is 2. The van der Waals surface area contributed by atoms with E-state index in [4.69, 9.17) is 0 Å². The summed E-state index contributed by atoms with van der Waals surface area (Å²) in [6, 6.07) is 5.29. The Balaban J connectivity index is 1.63. The van der Waals surface area contributed by atoms with E-state index in [2.05, 4.69) is 25.8 Å². The average Bonchev–Trinajstić information content (AvgIpc) is 3.32. The molecule has 0 fully saturated rings. The lowest BCUT2D eigenvalue weighted by molar-refractivity contribution is -0.113. The zero-order valence-electron chi connectivity index (χ0n) is 16.7. The molecule has 2 aromatic heterocycles. The molecule has 0 saturated carbocycles. The van der Waals surface area contributed by atoms with Gasteiger partial charge in [0.2, 0.25) is 5.91 Å². The van der Waals surface area contributed by atoms with E-state index < -0.39 is 17.8 Å². The van der Waals surface area contributed by atoms with E-state index in [1.165, 1.54) is 41.3 Å². The van der Waals surface area contributed by atoms with Crippen LogP contribution in [-0.2, 0) is 11.3 Å². The van der Waals surface area contributed by atoms with Crippen LogP contribution in [0.3, 0.4) is 0 Å². The molecule has 158 valence electrons. The first-order valence-corrected chi connectivity index (χ1v) is 11.1. The van der Waals surface area contributed by atoms with Crippen LogP contribution in [-0.4, -0.2) is 37.3 Å². The minimum atomic E-state index is -0.586. The van der Waals surface area contributed by atoms with Crippen LogP contribution in [0.15, 0.2) is 34.8 Å². The zero-order valence-corrected chi connectivity index (χ0v) is 18.3. The van der Waals surface area contributed by atoms with Crippen molar-refractivity contribution in [2.24, 2.45) is 0 Å². The number of hydrogen-bond acceptors (Lipinski definition) is 7. The molecule has 0 spiro atoms. The maximum absolute atomic E-state index is 13.8. The molecule has 0 saturated heterocycles. The van der Waals surface area contributed by atoms with E-state index in [1.807, 2.05) is 23.8 Å². The molecule has 0 radical (unpaired) electrons. The van der Waals surface area contributed by atoms with Gasteiger partial charge in [0.05, 0.1) is 23.1 Å². The Hall–Kier alpha value is -2.79. The molecule has 0 aliphatic carbocycles. The lowest BCUT2D eigenvalue weighted by atomic mass is 10.2. The van der Waals surface area contributed by atoms with Crippen molar-refractivity contribution in [1.29, 1.82) is 0 Å². The van der Waals surface area contributed by atoms with Crippen molar-refractivity contribution >= 4 is 40.0 Å². The van der Waals surface area contributed by atoms with Crippen LogP contribution < -0.4 is 10.6 Å². The van der Waals surface area contributed by atoms with Crippen LogP contribution in [0.5, 0.6) is 0 Å². The normalized spacial score (nSPS) is 11.9. The third kappa shape index (κ3) is 5.22. The fourth-order valence-electron chi connectivity index (χ4n) is 2.71. The Kier molecular flexibility index (Phi) is 7.16. The van der Waals surface area contributed by atoms with Crippen molar-refractivity contribution in [3.05, 3.63) is 52.5 Å². The zero-order chi connectivity index (χ0) is 21.7. The Morgan fingerprint density at radius 1 is 1.30 bits per heavy atom. The van der Waals surface area contributed by atoms with Crippen LogP contribution >= 0.6 is 23.1 Å². The number of thiazole rings is 1. The number of rotatable bonds is 8. The number of benzene rings is 1. The molecular formula is C19H21FN6O2S2. The van der Waals surface area contributed by atoms with E-state index in [-0.39, 0.29) is 17.2 Å². The lowest BCUT2D eigenvalue weighted by Crippen LogP contribution is -2.29. The Labute approximate surface area is 181 Å². The Morgan fingerprint density at radius 3 is 2.73 bits per heavy atom. The van der Waals surface area contributed by atoms with E-state index in [1.54, 1.807) is 13.0 Å². The summed E-state index contributed by atoms with van der Waals surface area (Å²) in [4.78, 5) is 28.7. The highest BCUT2D eigenvalue weighted by Crippen LogP contribution is 2.22. The minimum absolute atomic E-state index is 0.0318. The highest BCUT2D eigenvalue weighted by Gasteiger charge is 2.21. The number of amides is 2. The molecule has 3 rings (SSSR count). The second kappa shape index (κ2) is 9.81. The molecule has 0 aliphatic heterocycles. The van der Waals surface area contributed by atoms with Gasteiger partial charge < -0.3 is 15.2 Å². The molecule has 3 aromatic rings. The molecule has 0 aliphatic rings. The van der Waals surface area contributed by atoms with Gasteiger partial charge in [0, 0.05) is 11.9 Å². The fraction of sp³-hybridized carbons (Fsp3) is 0.316. The summed E-state index contributed by atoms with van der Waals surface area (Å²) in [5, 5.41) is 16.8. The van der Waals surface area contributed by atoms with Crippen LogP contribution in [0.1, 0.15) is 41.8 Å². The number of halogens is 1. The number of nitrogens with zero attached hydrogens (tertiary/aromatic N) is 4. The van der Waals surface area contributed by atoms with Gasteiger partial charge in [-0.2, -0.15) is 0 Å². The van der Waals surface area contributed by atoms with Crippen molar-refractivity contribution < 1.29 is 14.0 Å². The first-order chi connectivity index (χ1) is 14.4. The van der Waals surface area contributed by atoms with Crippen molar-refractivity contribution in [1.82, 2.24) is 25.1 Å². The predicted molar refractivity (Wildman–Crippen MR) is 114 cm³/mol. The number of carbonyl (C=O) groups is 2. The average molecular weight is 449 g/mol. The first kappa shape index (κ1) is 21.9. The molecule has 2 heterocycles. The molecule has 1 atom stereocenters. The van der Waals surface area contributed by atoms with Gasteiger partial charge in [0.1, 0.15) is 5.82 Å². The second-order valence-electron chi connectivity index (χ2n) is 6.39. The summed E-state index contributed by atoms with van der Waals surface area (Å²) in [6.45, 7) is 6.08. The summed E-state index contributed by atoms with van der Waals surface area (Å²) in [5.41, 5.74) is 0.820. The Morgan fingerprint density at radius 2 is 2.07 bits per heavy atom. The van der Waals surface area contributed by atoms with E-state index in [9.17, 15) is 14.0 Å². The summed E-state index contributed by atoms with van der Waals surface area (Å²) < 4.78 is 15.7. The highest BCUT2D eigenvalue weighted by atomic mass is 32.2. The quantitative estimate of drug-likeness (QED) is 0.512. The molecule has 0 bridgehead atoms. The third-order valence-corrected chi connectivity index (χ3v) is 5.96. The van der Waals surface area contributed by atoms with E-state index in [0.717, 1.165) is 5.69 Å². The number of aryl methyl sites for hydroxylation is 1. The first-order valence-electron chi connectivity index (χ1n) is 9.22. The standard InChI is InChI=1S/C19H21FN6O2S2/c1-4-26-16(12(3)22-17(28)13-7-5-6-8-14(13)20)24-25-19(26)30-10-15(27)23-18-21-11(2)9-29-18/h5-9,12H,4,10H2,1-3H3,(H,22,28)(H,21,23,27)/t12-/m0/s1. The topological polar surface area (TPSA) is 102 Å². The fourth-order valence-corrected chi connectivity index (χ4v) is 4.22. The number of thioether (sulfide) groups is 1. The van der Waals surface area contributed by atoms with Crippen molar-refractivity contribution in [3.8, 4) is 0 Å². The summed E-state index contributed by atoms with van der Waals surface area (Å²) >= 11 is 2.61. The number of aromatic nitrogens is 4. The van der Waals surface area contributed by atoms with Crippen LogP contribution in [0.2, 0.25) is 0 Å². The smallest absolute Gasteiger partial charge is 0.254 e. The molecule has 11 heteroatoms. The molecule has 2 amide bonds. The van der Waals surface area contributed by atoms with Crippen molar-refractivity contribution in [2.75, 3.05) is 11.1 Å². The monoisotopic (exact) mass is 448 g/mol. The number of carbonyl (C=O) groups excluding carboxylic acids is 2. The maximum atomic E-state index is 13.8. The largest absolute Gasteiger partial charge is 0.342 e. The van der Waals surface area contributed by atoms with E-state index >= 15 is 0 Å². The van der Waals surface area contributed by atoms with Gasteiger partial charge in [-0.3, -0.25) is 9.59 Å². The molecule has 0 unspecified atom stereocenters. The van der Waals surface area contributed by atoms with Crippen LogP contribution in [0, 0.1) is 12.7 Å². The van der Waals surface area contributed by atoms with Gasteiger partial charge in [0.25, 0.3) is 5.91 Å². The SMILES string of the molecule is CCn1c(SCC(=O)Nc2nc(C)cs2)nnc1[C@H](C)NC(=O)c1ccccc1F. The summed E-state index contributed by atoms with van der Waals surface area (Å²) in [5.74, 6) is -0.634. The summed E-state index contributed by atoms with van der Waals surface area (Å²) in [7, 11) is 0. The minimum Gasteiger partial charge on any atom is -0.342 e. The van der Waals surface area contributed by atoms with Gasteiger partial charge in [0.15, 0.2) is 16.1 Å². The number of nitrogens with one attached hydrogen (secondary N) is 2. The van der Waals surface area contributed by atoms with Gasteiger partial charge in [-0.05, 0) is 32.9 Å². The maximum Gasteiger partial charge on any atom is 0.254 e. The molecular weight excluding hydrogens is 427 g/mol. The van der Waals surface area contributed by atoms with Gasteiger partial charge in [-0.15, -0.1) is 21.5 Å². The molecule has 2 N–H and O–H groups in total. The van der Waals surface area contributed by atoms with Gasteiger partial charge in [-0.1, -0.05) is 23.9 Å².